The van der Waals surface area contributed by atoms with E-state index in [1.165, 1.54) is 24.3 Å². The molecule has 0 radical (unpaired) electrons. The van der Waals surface area contributed by atoms with Crippen LogP contribution in [0.5, 0.6) is 11.5 Å². The SMILES string of the molecule is CC(C)C(NC(=O)c1ccc(F)cc1)C(=O)NCCc1ccc2c(c1)OCCO2. The largest absolute Gasteiger partial charge is 0.486 e. The first-order chi connectivity index (χ1) is 13.9. The molecule has 154 valence electrons. The Morgan fingerprint density at radius 1 is 1.03 bits per heavy atom. The fourth-order valence-corrected chi connectivity index (χ4v) is 3.04. The van der Waals surface area contributed by atoms with Gasteiger partial charge in [0.1, 0.15) is 25.1 Å². The first kappa shape index (κ1) is 20.6. The van der Waals surface area contributed by atoms with E-state index in [9.17, 15) is 14.0 Å². The number of rotatable bonds is 7. The smallest absolute Gasteiger partial charge is 0.251 e. The third-order valence-electron chi connectivity index (χ3n) is 4.66. The Hall–Kier alpha value is -3.09. The third kappa shape index (κ3) is 5.47. The molecule has 0 spiro atoms. The average Bonchev–Trinajstić information content (AvgIpc) is 2.72. The maximum atomic E-state index is 13.0. The standard InChI is InChI=1S/C22H25FN2O4/c1-14(2)20(25-21(26)16-4-6-17(23)7-5-16)22(27)24-10-9-15-3-8-18-19(13-15)29-12-11-28-18/h3-8,13-14,20H,9-12H2,1-2H3,(H,24,27)(H,25,26). The Morgan fingerprint density at radius 2 is 1.72 bits per heavy atom. The number of halogens is 1. The van der Waals surface area contributed by atoms with E-state index >= 15 is 0 Å². The molecule has 1 atom stereocenters. The summed E-state index contributed by atoms with van der Waals surface area (Å²) in [5.41, 5.74) is 1.33. The molecule has 1 unspecified atom stereocenters. The molecule has 2 N–H and O–H groups in total. The van der Waals surface area contributed by atoms with Gasteiger partial charge >= 0.3 is 0 Å². The molecule has 6 nitrogen and oxygen atoms in total. The summed E-state index contributed by atoms with van der Waals surface area (Å²) in [5, 5.41) is 5.60. The highest BCUT2D eigenvalue weighted by Gasteiger charge is 2.24. The molecule has 2 aromatic rings. The zero-order chi connectivity index (χ0) is 20.8. The Morgan fingerprint density at radius 3 is 2.41 bits per heavy atom. The predicted octanol–water partition coefficient (Wildman–Crippen LogP) is 2.71. The molecule has 29 heavy (non-hydrogen) atoms. The van der Waals surface area contributed by atoms with Crippen LogP contribution >= 0.6 is 0 Å². The van der Waals surface area contributed by atoms with E-state index in [1.54, 1.807) is 0 Å². The maximum absolute atomic E-state index is 13.0. The molecule has 0 aromatic heterocycles. The van der Waals surface area contributed by atoms with Gasteiger partial charge in [0.2, 0.25) is 5.91 Å². The van der Waals surface area contributed by atoms with Crippen molar-refractivity contribution in [3.63, 3.8) is 0 Å². The normalized spacial score (nSPS) is 13.7. The molecule has 2 aromatic carbocycles. The Bertz CT molecular complexity index is 868. The zero-order valence-corrected chi connectivity index (χ0v) is 16.5. The topological polar surface area (TPSA) is 76.7 Å². The lowest BCUT2D eigenvalue weighted by atomic mass is 10.0. The number of nitrogens with one attached hydrogen (secondary N) is 2. The molecule has 0 saturated carbocycles. The summed E-state index contributed by atoms with van der Waals surface area (Å²) in [4.78, 5) is 25.0. The second-order valence-electron chi connectivity index (χ2n) is 7.22. The molecule has 1 aliphatic rings. The number of hydrogen-bond donors (Lipinski definition) is 2. The Kier molecular flexibility index (Phi) is 6.69. The summed E-state index contributed by atoms with van der Waals surface area (Å²) >= 11 is 0. The van der Waals surface area contributed by atoms with Crippen LogP contribution in [0.2, 0.25) is 0 Å². The predicted molar refractivity (Wildman–Crippen MR) is 107 cm³/mol. The van der Waals surface area contributed by atoms with Gasteiger partial charge in [-0.1, -0.05) is 19.9 Å². The summed E-state index contributed by atoms with van der Waals surface area (Å²) in [6, 6.07) is 10.2. The van der Waals surface area contributed by atoms with Crippen molar-refractivity contribution in [3.05, 3.63) is 59.4 Å². The van der Waals surface area contributed by atoms with Crippen molar-refractivity contribution in [1.82, 2.24) is 10.6 Å². The van der Waals surface area contributed by atoms with E-state index in [1.807, 2.05) is 32.0 Å². The lowest BCUT2D eigenvalue weighted by Crippen LogP contribution is -2.50. The fraction of sp³-hybridized carbons (Fsp3) is 0.364. The Balaban J connectivity index is 1.54. The summed E-state index contributed by atoms with van der Waals surface area (Å²) in [6.07, 6.45) is 0.624. The van der Waals surface area contributed by atoms with Gasteiger partial charge in [-0.05, 0) is 54.3 Å². The highest BCUT2D eigenvalue weighted by atomic mass is 19.1. The summed E-state index contributed by atoms with van der Waals surface area (Å²) in [5.74, 6) is 0.255. The van der Waals surface area contributed by atoms with Gasteiger partial charge in [0.15, 0.2) is 11.5 Å². The lowest BCUT2D eigenvalue weighted by molar-refractivity contribution is -0.123. The van der Waals surface area contributed by atoms with Crippen molar-refractivity contribution in [3.8, 4) is 11.5 Å². The third-order valence-corrected chi connectivity index (χ3v) is 4.66. The van der Waals surface area contributed by atoms with Crippen molar-refractivity contribution < 1.29 is 23.5 Å². The van der Waals surface area contributed by atoms with Crippen LogP contribution in [0.25, 0.3) is 0 Å². The van der Waals surface area contributed by atoms with Crippen LogP contribution in [0.4, 0.5) is 4.39 Å². The quantitative estimate of drug-likeness (QED) is 0.749. The first-order valence-corrected chi connectivity index (χ1v) is 9.66. The van der Waals surface area contributed by atoms with Gasteiger partial charge in [-0.25, -0.2) is 4.39 Å². The minimum absolute atomic E-state index is 0.103. The number of amides is 2. The lowest BCUT2D eigenvalue weighted by Gasteiger charge is -2.22. The van der Waals surface area contributed by atoms with E-state index < -0.39 is 17.8 Å². The molecule has 0 aliphatic carbocycles. The molecular weight excluding hydrogens is 375 g/mol. The fourth-order valence-electron chi connectivity index (χ4n) is 3.04. The van der Waals surface area contributed by atoms with Gasteiger partial charge < -0.3 is 20.1 Å². The summed E-state index contributed by atoms with van der Waals surface area (Å²) in [7, 11) is 0. The molecule has 0 bridgehead atoms. The number of hydrogen-bond acceptors (Lipinski definition) is 4. The molecule has 1 heterocycles. The minimum atomic E-state index is -0.687. The van der Waals surface area contributed by atoms with Crippen molar-refractivity contribution in [2.45, 2.75) is 26.3 Å². The monoisotopic (exact) mass is 400 g/mol. The molecule has 7 heteroatoms. The number of carbonyl (C=O) groups is 2. The van der Waals surface area contributed by atoms with Crippen LogP contribution in [-0.2, 0) is 11.2 Å². The van der Waals surface area contributed by atoms with E-state index in [-0.39, 0.29) is 11.8 Å². The minimum Gasteiger partial charge on any atom is -0.486 e. The van der Waals surface area contributed by atoms with Crippen LogP contribution in [-0.4, -0.2) is 37.6 Å². The number of ether oxygens (including phenoxy) is 2. The second kappa shape index (κ2) is 9.41. The van der Waals surface area contributed by atoms with Crippen molar-refractivity contribution in [2.75, 3.05) is 19.8 Å². The van der Waals surface area contributed by atoms with Crippen LogP contribution in [0.3, 0.4) is 0 Å². The number of carbonyl (C=O) groups excluding carboxylic acids is 2. The van der Waals surface area contributed by atoms with Gasteiger partial charge in [0.05, 0.1) is 0 Å². The van der Waals surface area contributed by atoms with Gasteiger partial charge in [-0.2, -0.15) is 0 Å². The van der Waals surface area contributed by atoms with Crippen molar-refractivity contribution in [1.29, 1.82) is 0 Å². The second-order valence-corrected chi connectivity index (χ2v) is 7.22. The molecule has 1 aliphatic heterocycles. The van der Waals surface area contributed by atoms with Crippen molar-refractivity contribution in [2.24, 2.45) is 5.92 Å². The van der Waals surface area contributed by atoms with Crippen LogP contribution in [0, 0.1) is 11.7 Å². The summed E-state index contributed by atoms with van der Waals surface area (Å²) in [6.45, 7) is 5.21. The molecule has 0 saturated heterocycles. The number of benzene rings is 2. The van der Waals surface area contributed by atoms with E-state index in [0.29, 0.717) is 37.5 Å². The van der Waals surface area contributed by atoms with E-state index in [2.05, 4.69) is 10.6 Å². The maximum Gasteiger partial charge on any atom is 0.251 e. The van der Waals surface area contributed by atoms with Crippen LogP contribution in [0.1, 0.15) is 29.8 Å². The van der Waals surface area contributed by atoms with E-state index in [0.717, 1.165) is 11.3 Å². The van der Waals surface area contributed by atoms with Gasteiger partial charge in [0.25, 0.3) is 5.91 Å². The molecular formula is C22H25FN2O4. The van der Waals surface area contributed by atoms with Gasteiger partial charge in [-0.3, -0.25) is 9.59 Å². The first-order valence-electron chi connectivity index (χ1n) is 9.66. The van der Waals surface area contributed by atoms with E-state index in [4.69, 9.17) is 9.47 Å². The number of fused-ring (bicyclic) bond motifs is 1. The summed E-state index contributed by atoms with van der Waals surface area (Å²) < 4.78 is 24.1. The molecule has 2 amide bonds. The molecule has 3 rings (SSSR count). The average molecular weight is 400 g/mol. The molecule has 0 fully saturated rings. The highest BCUT2D eigenvalue weighted by Crippen LogP contribution is 2.30. The Labute approximate surface area is 169 Å². The van der Waals surface area contributed by atoms with Crippen molar-refractivity contribution >= 4 is 11.8 Å². The van der Waals surface area contributed by atoms with Crippen LogP contribution < -0.4 is 20.1 Å². The highest BCUT2D eigenvalue weighted by molar-refractivity contribution is 5.97. The zero-order valence-electron chi connectivity index (χ0n) is 16.5. The van der Waals surface area contributed by atoms with Gasteiger partial charge in [-0.15, -0.1) is 0 Å². The van der Waals surface area contributed by atoms with Gasteiger partial charge in [0, 0.05) is 12.1 Å². The van der Waals surface area contributed by atoms with Crippen LogP contribution in [0.15, 0.2) is 42.5 Å².